The van der Waals surface area contributed by atoms with E-state index in [0.29, 0.717) is 28.4 Å². The topological polar surface area (TPSA) is 138 Å². The summed E-state index contributed by atoms with van der Waals surface area (Å²) in [6.07, 6.45) is 0. The van der Waals surface area contributed by atoms with Crippen LogP contribution in [0.5, 0.6) is 17.2 Å². The maximum atomic E-state index is 13.1. The van der Waals surface area contributed by atoms with E-state index in [2.05, 4.69) is 6.07 Å². The average molecular weight is 435 g/mol. The van der Waals surface area contributed by atoms with Crippen LogP contribution in [0.4, 0.5) is 0 Å². The first kappa shape index (κ1) is 20.3. The molecule has 9 heteroatoms. The van der Waals surface area contributed by atoms with Crippen LogP contribution in [0.1, 0.15) is 17.0 Å². The van der Waals surface area contributed by atoms with E-state index in [9.17, 15) is 14.9 Å². The van der Waals surface area contributed by atoms with Gasteiger partial charge in [0.05, 0.1) is 18.6 Å². The molecular formula is C22H17N3O5S. The Hall–Kier alpha value is -4.03. The molecule has 0 saturated carbocycles. The molecule has 3 aromatic rings. The van der Waals surface area contributed by atoms with E-state index in [0.717, 1.165) is 21.4 Å². The van der Waals surface area contributed by atoms with Crippen molar-refractivity contribution < 1.29 is 19.0 Å². The molecule has 1 aromatic heterocycles. The lowest BCUT2D eigenvalue weighted by molar-refractivity contribution is -0.119. The van der Waals surface area contributed by atoms with E-state index in [1.165, 1.54) is 7.11 Å². The Bertz CT molecular complexity index is 1340. The van der Waals surface area contributed by atoms with Gasteiger partial charge in [-0.15, -0.1) is 0 Å². The highest BCUT2D eigenvalue weighted by Crippen LogP contribution is 2.45. The quantitative estimate of drug-likeness (QED) is 0.627. The third-order valence-electron chi connectivity index (χ3n) is 4.87. The third-order valence-corrected chi connectivity index (χ3v) is 5.85. The standard InChI is InChI=1S/C22H17N3O5S/c1-28-15-8-11(6-7-14(15)29-10-17(24)26)18-13(9-23)21(25)30-20-12-4-2-3-5-16(12)31-22(27)19(18)20/h2-8,18H,10,25H2,1H3,(H2,24,26)/t18-/m0/s1. The molecule has 31 heavy (non-hydrogen) atoms. The molecule has 8 nitrogen and oxygen atoms in total. The van der Waals surface area contributed by atoms with E-state index in [-0.39, 0.29) is 22.8 Å². The number of rotatable bonds is 5. The number of primary amides is 1. The number of nitriles is 1. The number of nitrogens with two attached hydrogens (primary N) is 2. The molecule has 156 valence electrons. The lowest BCUT2D eigenvalue weighted by Crippen LogP contribution is -2.25. The predicted octanol–water partition coefficient (Wildman–Crippen LogP) is 2.35. The molecule has 2 aromatic carbocycles. The number of benzene rings is 2. The Kier molecular flexibility index (Phi) is 5.23. The first-order valence-electron chi connectivity index (χ1n) is 9.17. The monoisotopic (exact) mass is 435 g/mol. The van der Waals surface area contributed by atoms with Crippen LogP contribution in [0.3, 0.4) is 0 Å². The van der Waals surface area contributed by atoms with Crippen LogP contribution in [0.25, 0.3) is 10.1 Å². The zero-order chi connectivity index (χ0) is 22.1. The summed E-state index contributed by atoms with van der Waals surface area (Å²) in [7, 11) is 1.44. The number of amides is 1. The smallest absolute Gasteiger partial charge is 0.255 e. The number of hydrogen-bond donors (Lipinski definition) is 2. The molecule has 0 unspecified atom stereocenters. The van der Waals surface area contributed by atoms with Crippen LogP contribution in [-0.2, 0) is 4.79 Å². The van der Waals surface area contributed by atoms with Crippen LogP contribution in [0, 0.1) is 11.3 Å². The molecular weight excluding hydrogens is 418 g/mol. The number of hydrogen-bond acceptors (Lipinski definition) is 8. The summed E-state index contributed by atoms with van der Waals surface area (Å²) in [6.45, 7) is -0.315. The van der Waals surface area contributed by atoms with Crippen molar-refractivity contribution >= 4 is 27.3 Å². The molecule has 0 radical (unpaired) electrons. The molecule has 0 aliphatic carbocycles. The summed E-state index contributed by atoms with van der Waals surface area (Å²) < 4.78 is 17.0. The van der Waals surface area contributed by atoms with Crippen molar-refractivity contribution in [3.63, 3.8) is 0 Å². The molecule has 0 bridgehead atoms. The first-order valence-corrected chi connectivity index (χ1v) is 9.98. The predicted molar refractivity (Wildman–Crippen MR) is 115 cm³/mol. The van der Waals surface area contributed by atoms with Crippen molar-refractivity contribution in [3.05, 3.63) is 74.6 Å². The van der Waals surface area contributed by atoms with Gasteiger partial charge in [-0.3, -0.25) is 9.59 Å². The average Bonchev–Trinajstić information content (AvgIpc) is 2.76. The fourth-order valence-electron chi connectivity index (χ4n) is 3.53. The van der Waals surface area contributed by atoms with Crippen molar-refractivity contribution in [2.45, 2.75) is 5.92 Å². The highest BCUT2D eigenvalue weighted by atomic mass is 32.1. The molecule has 0 fully saturated rings. The maximum Gasteiger partial charge on any atom is 0.255 e. The van der Waals surface area contributed by atoms with Crippen molar-refractivity contribution in [3.8, 4) is 23.3 Å². The van der Waals surface area contributed by atoms with Gasteiger partial charge in [0.2, 0.25) is 10.6 Å². The van der Waals surface area contributed by atoms with Crippen LogP contribution < -0.4 is 30.4 Å². The number of carbonyl (C=O) groups is 1. The minimum Gasteiger partial charge on any atom is -0.493 e. The summed E-state index contributed by atoms with van der Waals surface area (Å²) in [5, 5.41) is 10.5. The molecule has 0 saturated heterocycles. The minimum atomic E-state index is -0.749. The van der Waals surface area contributed by atoms with Gasteiger partial charge in [0.1, 0.15) is 17.4 Å². The maximum absolute atomic E-state index is 13.1. The number of methoxy groups -OCH3 is 1. The van der Waals surface area contributed by atoms with Gasteiger partial charge in [0, 0.05) is 10.1 Å². The summed E-state index contributed by atoms with van der Waals surface area (Å²) in [4.78, 5) is 24.1. The molecule has 1 amide bonds. The zero-order valence-electron chi connectivity index (χ0n) is 16.4. The second-order valence-electron chi connectivity index (χ2n) is 6.72. The summed E-state index contributed by atoms with van der Waals surface area (Å²) in [6, 6.07) is 14.3. The lowest BCUT2D eigenvalue weighted by Gasteiger charge is -2.26. The Morgan fingerprint density at radius 3 is 2.74 bits per heavy atom. The van der Waals surface area contributed by atoms with Crippen LogP contribution in [0.15, 0.2) is 58.7 Å². The molecule has 4 rings (SSSR count). The van der Waals surface area contributed by atoms with E-state index >= 15 is 0 Å². The van der Waals surface area contributed by atoms with E-state index < -0.39 is 11.8 Å². The largest absolute Gasteiger partial charge is 0.493 e. The SMILES string of the molecule is COc1cc([C@H]2C(C#N)=C(N)Oc3c2c(=O)sc2ccccc32)ccc1OCC(N)=O. The Morgan fingerprint density at radius 2 is 2.03 bits per heavy atom. The van der Waals surface area contributed by atoms with Gasteiger partial charge in [0.25, 0.3) is 5.91 Å². The van der Waals surface area contributed by atoms with Gasteiger partial charge in [-0.05, 0) is 29.8 Å². The van der Waals surface area contributed by atoms with E-state index in [4.69, 9.17) is 25.7 Å². The van der Waals surface area contributed by atoms with Crippen LogP contribution in [0.2, 0.25) is 0 Å². The number of allylic oxidation sites excluding steroid dienone is 1. The second-order valence-corrected chi connectivity index (χ2v) is 7.73. The van der Waals surface area contributed by atoms with Crippen molar-refractivity contribution in [1.29, 1.82) is 5.26 Å². The van der Waals surface area contributed by atoms with Gasteiger partial charge >= 0.3 is 0 Å². The normalized spacial score (nSPS) is 15.0. The molecule has 4 N–H and O–H groups in total. The third kappa shape index (κ3) is 3.53. The Balaban J connectivity index is 1.92. The highest BCUT2D eigenvalue weighted by molar-refractivity contribution is 7.16. The van der Waals surface area contributed by atoms with Crippen LogP contribution in [-0.4, -0.2) is 19.6 Å². The highest BCUT2D eigenvalue weighted by Gasteiger charge is 2.35. The molecule has 1 aliphatic heterocycles. The summed E-state index contributed by atoms with van der Waals surface area (Å²) in [5.74, 6) is -0.476. The number of nitrogens with zero attached hydrogens (tertiary/aromatic N) is 1. The fraction of sp³-hybridized carbons (Fsp3) is 0.136. The zero-order valence-corrected chi connectivity index (χ0v) is 17.2. The first-order chi connectivity index (χ1) is 14.9. The number of carbonyl (C=O) groups excluding carboxylic acids is 1. The Labute approximate surface area is 180 Å². The van der Waals surface area contributed by atoms with Gasteiger partial charge in [-0.2, -0.15) is 5.26 Å². The number of fused-ring (bicyclic) bond motifs is 3. The minimum absolute atomic E-state index is 0.0613. The number of ether oxygens (including phenoxy) is 3. The van der Waals surface area contributed by atoms with E-state index in [1.54, 1.807) is 18.2 Å². The van der Waals surface area contributed by atoms with Gasteiger partial charge in [-0.1, -0.05) is 29.5 Å². The van der Waals surface area contributed by atoms with Gasteiger partial charge < -0.3 is 25.7 Å². The summed E-state index contributed by atoms with van der Waals surface area (Å²) in [5.41, 5.74) is 12.3. The van der Waals surface area contributed by atoms with Crippen molar-refractivity contribution in [2.75, 3.05) is 13.7 Å². The van der Waals surface area contributed by atoms with Gasteiger partial charge in [0.15, 0.2) is 18.1 Å². The Morgan fingerprint density at radius 1 is 1.26 bits per heavy atom. The second kappa shape index (κ2) is 8.01. The van der Waals surface area contributed by atoms with Crippen molar-refractivity contribution in [2.24, 2.45) is 11.5 Å². The molecule has 1 atom stereocenters. The fourth-order valence-corrected chi connectivity index (χ4v) is 4.47. The van der Waals surface area contributed by atoms with Crippen LogP contribution >= 0.6 is 11.3 Å². The molecule has 2 heterocycles. The molecule has 0 spiro atoms. The lowest BCUT2D eigenvalue weighted by atomic mass is 9.84. The summed E-state index contributed by atoms with van der Waals surface area (Å²) >= 11 is 1.08. The van der Waals surface area contributed by atoms with E-state index in [1.807, 2.05) is 24.3 Å². The van der Waals surface area contributed by atoms with Crippen molar-refractivity contribution in [1.82, 2.24) is 0 Å². The molecule has 1 aliphatic rings. The van der Waals surface area contributed by atoms with Gasteiger partial charge in [-0.25, -0.2) is 0 Å².